The van der Waals surface area contributed by atoms with Crippen molar-refractivity contribution in [1.29, 1.82) is 0 Å². The Morgan fingerprint density at radius 3 is 2.22 bits per heavy atom. The monoisotopic (exact) mass is 442 g/mol. The Balaban J connectivity index is 2.17. The number of hydrogen-bond donors (Lipinski definition) is 2. The minimum Gasteiger partial charge on any atom is -0.507 e. The molecule has 0 aliphatic heterocycles. The highest BCUT2D eigenvalue weighted by atomic mass is 16.5. The van der Waals surface area contributed by atoms with Crippen molar-refractivity contribution in [3.05, 3.63) is 47.1 Å². The first-order chi connectivity index (χ1) is 15.4. The predicted molar refractivity (Wildman–Crippen MR) is 123 cm³/mol. The van der Waals surface area contributed by atoms with Gasteiger partial charge in [0.2, 0.25) is 0 Å². The van der Waals surface area contributed by atoms with Gasteiger partial charge in [-0.05, 0) is 37.5 Å². The minimum absolute atomic E-state index is 0.0437. The van der Waals surface area contributed by atoms with E-state index in [0.717, 1.165) is 38.2 Å². The van der Waals surface area contributed by atoms with E-state index < -0.39 is 23.6 Å². The molecule has 2 rings (SSSR count). The van der Waals surface area contributed by atoms with Crippen molar-refractivity contribution in [3.8, 4) is 11.5 Å². The normalized spacial score (nSPS) is 14.4. The maximum atomic E-state index is 13.1. The quantitative estimate of drug-likeness (QED) is 0.173. The Labute approximate surface area is 190 Å². The molecule has 2 N–H and O–H groups in total. The van der Waals surface area contributed by atoms with Crippen LogP contribution in [0.1, 0.15) is 98.8 Å². The van der Waals surface area contributed by atoms with Crippen LogP contribution in [0.25, 0.3) is 0 Å². The van der Waals surface area contributed by atoms with Gasteiger partial charge in [0, 0.05) is 5.57 Å². The molecule has 0 amide bonds. The molecule has 1 aliphatic rings. The fourth-order valence-electron chi connectivity index (χ4n) is 3.84. The summed E-state index contributed by atoms with van der Waals surface area (Å²) in [4.78, 5) is 38.1. The number of unbranched alkanes of at least 4 members (excludes halogenated alkanes) is 6. The summed E-state index contributed by atoms with van der Waals surface area (Å²) in [5.41, 5.74) is -0.410. The molecule has 1 aromatic carbocycles. The molecule has 0 bridgehead atoms. The molecule has 0 heterocycles. The maximum absolute atomic E-state index is 13.1. The molecule has 0 radical (unpaired) electrons. The zero-order valence-corrected chi connectivity index (χ0v) is 19.1. The van der Waals surface area contributed by atoms with Crippen LogP contribution in [0.4, 0.5) is 0 Å². The Bertz CT molecular complexity index is 881. The van der Waals surface area contributed by atoms with Crippen molar-refractivity contribution >= 4 is 17.5 Å². The second-order valence-electron chi connectivity index (χ2n) is 8.12. The lowest BCUT2D eigenvalue weighted by molar-refractivity contribution is -0.146. The van der Waals surface area contributed by atoms with Crippen LogP contribution < -0.4 is 0 Å². The second-order valence-corrected chi connectivity index (χ2v) is 8.12. The van der Waals surface area contributed by atoms with Gasteiger partial charge in [0.05, 0.1) is 17.5 Å². The number of allylic oxidation sites excluding steroid dienone is 2. The fraction of sp³-hybridized carbons (Fsp3) is 0.500. The molecule has 0 spiro atoms. The van der Waals surface area contributed by atoms with Gasteiger partial charge >= 0.3 is 5.97 Å². The van der Waals surface area contributed by atoms with Crippen molar-refractivity contribution < 1.29 is 29.3 Å². The summed E-state index contributed by atoms with van der Waals surface area (Å²) in [5.74, 6) is -2.41. The first-order valence-corrected chi connectivity index (χ1v) is 11.6. The van der Waals surface area contributed by atoms with Crippen LogP contribution in [0, 0.1) is 0 Å². The van der Waals surface area contributed by atoms with E-state index >= 15 is 0 Å². The van der Waals surface area contributed by atoms with E-state index in [9.17, 15) is 24.6 Å². The maximum Gasteiger partial charge on any atom is 0.310 e. The van der Waals surface area contributed by atoms with Crippen molar-refractivity contribution in [1.82, 2.24) is 0 Å². The van der Waals surface area contributed by atoms with Gasteiger partial charge in [-0.25, -0.2) is 0 Å². The summed E-state index contributed by atoms with van der Waals surface area (Å²) in [6.07, 6.45) is 12.6. The van der Waals surface area contributed by atoms with E-state index in [4.69, 9.17) is 4.74 Å². The van der Waals surface area contributed by atoms with Crippen molar-refractivity contribution in [2.45, 2.75) is 84.2 Å². The van der Waals surface area contributed by atoms with E-state index in [1.165, 1.54) is 31.4 Å². The third-order valence-corrected chi connectivity index (χ3v) is 5.56. The molecule has 0 aromatic heterocycles. The van der Waals surface area contributed by atoms with Crippen molar-refractivity contribution in [2.75, 3.05) is 0 Å². The molecule has 6 nitrogen and oxygen atoms in total. The van der Waals surface area contributed by atoms with Gasteiger partial charge < -0.3 is 14.9 Å². The number of rotatable bonds is 13. The number of benzene rings is 1. The van der Waals surface area contributed by atoms with E-state index in [1.807, 2.05) is 13.0 Å². The van der Waals surface area contributed by atoms with Gasteiger partial charge in [0.25, 0.3) is 0 Å². The topological polar surface area (TPSA) is 101 Å². The number of aromatic hydroxyl groups is 2. The summed E-state index contributed by atoms with van der Waals surface area (Å²) >= 11 is 0. The lowest BCUT2D eigenvalue weighted by Crippen LogP contribution is -2.29. The number of Topliss-reactive ketones (excluding diaryl/α,β-unsaturated/α-hetero) is 1. The van der Waals surface area contributed by atoms with Crippen molar-refractivity contribution in [3.63, 3.8) is 0 Å². The lowest BCUT2D eigenvalue weighted by Gasteiger charge is -2.24. The Morgan fingerprint density at radius 2 is 1.56 bits per heavy atom. The number of carbonyl (C=O) groups is 3. The molecule has 174 valence electrons. The van der Waals surface area contributed by atoms with E-state index in [-0.39, 0.29) is 34.6 Å². The molecule has 0 saturated carbocycles. The molecule has 1 aromatic rings. The largest absolute Gasteiger partial charge is 0.507 e. The molecule has 6 heteroatoms. The van der Waals surface area contributed by atoms with Gasteiger partial charge in [-0.3, -0.25) is 14.4 Å². The Hall–Kier alpha value is -2.89. The SMILES string of the molecule is CC/C=C/CC(=O)OC(CCCCCCCCC)C1=CC(=O)c2c(O)ccc(O)c2C1=O. The number of phenolic OH excluding ortho intramolecular Hbond substituents is 2. The van der Waals surface area contributed by atoms with Crippen LogP contribution in [-0.4, -0.2) is 33.9 Å². The first-order valence-electron chi connectivity index (χ1n) is 11.6. The number of phenols is 2. The molecule has 0 fully saturated rings. The van der Waals surface area contributed by atoms with Crippen LogP contribution in [-0.2, 0) is 9.53 Å². The Morgan fingerprint density at radius 1 is 0.938 bits per heavy atom. The Kier molecular flexibility index (Phi) is 10.2. The van der Waals surface area contributed by atoms with E-state index in [0.29, 0.717) is 6.42 Å². The standard InChI is InChI=1S/C26H34O6/c1-3-5-7-8-9-10-12-13-22(32-23(30)14-11-6-4-2)18-17-21(29)24-19(27)15-16-20(28)25(24)26(18)31/h6,11,15-17,22,27-28H,3-5,7-10,12-14H2,1-2H3/b11-6+. The summed E-state index contributed by atoms with van der Waals surface area (Å²) in [6.45, 7) is 4.13. The van der Waals surface area contributed by atoms with Crippen LogP contribution >= 0.6 is 0 Å². The van der Waals surface area contributed by atoms with Crippen LogP contribution in [0.5, 0.6) is 11.5 Å². The summed E-state index contributed by atoms with van der Waals surface area (Å²) < 4.78 is 5.61. The lowest BCUT2D eigenvalue weighted by atomic mass is 9.84. The highest BCUT2D eigenvalue weighted by Gasteiger charge is 2.35. The molecular formula is C26H34O6. The van der Waals surface area contributed by atoms with Gasteiger partial charge in [-0.15, -0.1) is 0 Å². The number of ketones is 2. The van der Waals surface area contributed by atoms with Gasteiger partial charge in [0.1, 0.15) is 17.6 Å². The van der Waals surface area contributed by atoms with Gasteiger partial charge in [0.15, 0.2) is 11.6 Å². The fourth-order valence-corrected chi connectivity index (χ4v) is 3.84. The minimum atomic E-state index is -0.875. The molecule has 0 saturated heterocycles. The molecule has 1 aliphatic carbocycles. The molecular weight excluding hydrogens is 408 g/mol. The average molecular weight is 443 g/mol. The number of carbonyl (C=O) groups excluding carboxylic acids is 3. The third-order valence-electron chi connectivity index (χ3n) is 5.56. The van der Waals surface area contributed by atoms with Crippen LogP contribution in [0.15, 0.2) is 35.9 Å². The third kappa shape index (κ3) is 6.81. The number of hydrogen-bond acceptors (Lipinski definition) is 6. The van der Waals surface area contributed by atoms with E-state index in [1.54, 1.807) is 6.08 Å². The molecule has 1 unspecified atom stereocenters. The number of fused-ring (bicyclic) bond motifs is 1. The highest BCUT2D eigenvalue weighted by molar-refractivity contribution is 6.27. The number of esters is 1. The zero-order valence-electron chi connectivity index (χ0n) is 19.1. The molecule has 1 atom stereocenters. The van der Waals surface area contributed by atoms with Crippen LogP contribution in [0.3, 0.4) is 0 Å². The second kappa shape index (κ2) is 12.8. The zero-order chi connectivity index (χ0) is 23.5. The van der Waals surface area contributed by atoms with Crippen LogP contribution in [0.2, 0.25) is 0 Å². The van der Waals surface area contributed by atoms with Gasteiger partial charge in [-0.1, -0.05) is 64.5 Å². The summed E-state index contributed by atoms with van der Waals surface area (Å²) in [7, 11) is 0. The molecule has 32 heavy (non-hydrogen) atoms. The average Bonchev–Trinajstić information content (AvgIpc) is 2.76. The number of ether oxygens (including phenoxy) is 1. The summed E-state index contributed by atoms with van der Waals surface area (Å²) in [6, 6.07) is 2.35. The van der Waals surface area contributed by atoms with Gasteiger partial charge in [-0.2, -0.15) is 0 Å². The smallest absolute Gasteiger partial charge is 0.310 e. The first kappa shape index (κ1) is 25.4. The highest BCUT2D eigenvalue weighted by Crippen LogP contribution is 2.36. The van der Waals surface area contributed by atoms with Crippen molar-refractivity contribution in [2.24, 2.45) is 0 Å². The summed E-state index contributed by atoms with van der Waals surface area (Å²) in [5, 5.41) is 20.2. The van der Waals surface area contributed by atoms with E-state index in [2.05, 4.69) is 6.92 Å². The predicted octanol–water partition coefficient (Wildman–Crippen LogP) is 5.81.